The monoisotopic (exact) mass is 301 g/mol. The van der Waals surface area contributed by atoms with E-state index in [9.17, 15) is 10.2 Å². The molecule has 1 heterocycles. The van der Waals surface area contributed by atoms with Gasteiger partial charge < -0.3 is 10.2 Å². The minimum absolute atomic E-state index is 0.524. The predicted octanol–water partition coefficient (Wildman–Crippen LogP) is 2.48. The predicted molar refractivity (Wildman–Crippen MR) is 69.0 cm³/mol. The summed E-state index contributed by atoms with van der Waals surface area (Å²) in [6.45, 7) is 0. The van der Waals surface area contributed by atoms with Crippen molar-refractivity contribution in [3.8, 4) is 0 Å². The Balaban J connectivity index is 2.24. The zero-order valence-electron chi connectivity index (χ0n) is 8.51. The Morgan fingerprint density at radius 1 is 1.38 bits per heavy atom. The summed E-state index contributed by atoms with van der Waals surface area (Å²) in [5.74, 6) is 0. The van der Waals surface area contributed by atoms with Gasteiger partial charge in [-0.3, -0.25) is 0 Å². The molecule has 0 fully saturated rings. The second-order valence-corrected chi connectivity index (χ2v) is 5.25. The number of benzene rings is 1. The summed E-state index contributed by atoms with van der Waals surface area (Å²) in [6, 6.07) is 5.59. The maximum atomic E-state index is 9.92. The van der Waals surface area contributed by atoms with Crippen LogP contribution in [-0.4, -0.2) is 26.6 Å². The number of nitrogens with zero attached hydrogens (tertiary/aromatic N) is 1. The second kappa shape index (κ2) is 5.23. The summed E-state index contributed by atoms with van der Waals surface area (Å²) in [5.41, 5.74) is 3.36. The Hall–Kier alpha value is -0.490. The van der Waals surface area contributed by atoms with E-state index in [1.165, 1.54) is 0 Å². The highest BCUT2D eigenvalue weighted by molar-refractivity contribution is 9.09. The lowest BCUT2D eigenvalue weighted by molar-refractivity contribution is 0.0174. The minimum atomic E-state index is -0.844. The molecule has 0 aliphatic heterocycles. The van der Waals surface area contributed by atoms with Gasteiger partial charge in [-0.05, 0) is 24.1 Å². The first kappa shape index (κ1) is 12.0. The van der Waals surface area contributed by atoms with Gasteiger partial charge in [-0.15, -0.1) is 11.3 Å². The topological polar surface area (TPSA) is 53.4 Å². The molecule has 0 radical (unpaired) electrons. The first-order chi connectivity index (χ1) is 7.72. The Labute approximate surface area is 106 Å². The standard InChI is InChI=1S/C11H12BrNO2S/c12-4-3-9(14)11(15)7-1-2-10-8(5-7)13-6-16-10/h1-2,5-6,9,11,14-15H,3-4H2. The van der Waals surface area contributed by atoms with Crippen molar-refractivity contribution in [3.05, 3.63) is 29.3 Å². The molecule has 0 bridgehead atoms. The summed E-state index contributed by atoms with van der Waals surface area (Å²) in [5, 5.41) is 20.3. The fraction of sp³-hybridized carbons (Fsp3) is 0.364. The molecule has 0 saturated heterocycles. The zero-order valence-corrected chi connectivity index (χ0v) is 10.9. The highest BCUT2D eigenvalue weighted by Gasteiger charge is 2.18. The van der Waals surface area contributed by atoms with Gasteiger partial charge in [0.2, 0.25) is 0 Å². The molecule has 3 nitrogen and oxygen atoms in total. The van der Waals surface area contributed by atoms with Crippen molar-refractivity contribution < 1.29 is 10.2 Å². The Morgan fingerprint density at radius 2 is 2.19 bits per heavy atom. The van der Waals surface area contributed by atoms with E-state index in [1.807, 2.05) is 18.2 Å². The Kier molecular flexibility index (Phi) is 3.91. The lowest BCUT2D eigenvalue weighted by Crippen LogP contribution is -2.18. The number of alkyl halides is 1. The third kappa shape index (κ3) is 2.43. The Morgan fingerprint density at radius 3 is 2.94 bits per heavy atom. The minimum Gasteiger partial charge on any atom is -0.390 e. The number of aromatic nitrogens is 1. The molecular weight excluding hydrogens is 290 g/mol. The van der Waals surface area contributed by atoms with Gasteiger partial charge in [-0.2, -0.15) is 0 Å². The van der Waals surface area contributed by atoms with Crippen molar-refractivity contribution in [1.29, 1.82) is 0 Å². The van der Waals surface area contributed by atoms with Crippen LogP contribution in [0.1, 0.15) is 18.1 Å². The van der Waals surface area contributed by atoms with Crippen LogP contribution in [0.15, 0.2) is 23.7 Å². The molecule has 0 aliphatic carbocycles. The average molecular weight is 302 g/mol. The van der Waals surface area contributed by atoms with Gasteiger partial charge in [0.25, 0.3) is 0 Å². The molecule has 0 amide bonds. The van der Waals surface area contributed by atoms with E-state index in [1.54, 1.807) is 16.8 Å². The van der Waals surface area contributed by atoms with Crippen LogP contribution >= 0.6 is 27.3 Å². The quantitative estimate of drug-likeness (QED) is 0.853. The van der Waals surface area contributed by atoms with Crippen LogP contribution in [0.25, 0.3) is 10.2 Å². The van der Waals surface area contributed by atoms with Crippen LogP contribution in [-0.2, 0) is 0 Å². The molecule has 1 aromatic carbocycles. The van der Waals surface area contributed by atoms with Gasteiger partial charge >= 0.3 is 0 Å². The number of halogens is 1. The van der Waals surface area contributed by atoms with Gasteiger partial charge in [-0.25, -0.2) is 4.98 Å². The van der Waals surface area contributed by atoms with Gasteiger partial charge in [0.05, 0.1) is 21.8 Å². The maximum absolute atomic E-state index is 9.92. The molecule has 2 N–H and O–H groups in total. The molecule has 2 atom stereocenters. The largest absolute Gasteiger partial charge is 0.390 e. The van der Waals surface area contributed by atoms with Crippen LogP contribution < -0.4 is 0 Å². The molecule has 0 saturated carbocycles. The molecule has 1 aromatic heterocycles. The molecule has 0 spiro atoms. The number of aliphatic hydroxyl groups excluding tert-OH is 2. The number of fused-ring (bicyclic) bond motifs is 1. The van der Waals surface area contributed by atoms with Crippen LogP contribution in [0.5, 0.6) is 0 Å². The normalized spacial score (nSPS) is 15.2. The smallest absolute Gasteiger partial charge is 0.105 e. The number of thiazole rings is 1. The second-order valence-electron chi connectivity index (χ2n) is 3.57. The summed E-state index contributed by atoms with van der Waals surface area (Å²) in [6.07, 6.45) is -1.06. The fourth-order valence-electron chi connectivity index (χ4n) is 1.55. The number of rotatable bonds is 4. The van der Waals surface area contributed by atoms with Crippen molar-refractivity contribution in [2.24, 2.45) is 0 Å². The number of hydrogen-bond donors (Lipinski definition) is 2. The lowest BCUT2D eigenvalue weighted by Gasteiger charge is -2.17. The zero-order chi connectivity index (χ0) is 11.5. The van der Waals surface area contributed by atoms with Crippen LogP contribution in [0.4, 0.5) is 0 Å². The van der Waals surface area contributed by atoms with E-state index >= 15 is 0 Å². The van der Waals surface area contributed by atoms with Gasteiger partial charge in [0, 0.05) is 5.33 Å². The van der Waals surface area contributed by atoms with Crippen LogP contribution in [0, 0.1) is 0 Å². The Bertz CT molecular complexity index is 474. The summed E-state index contributed by atoms with van der Waals surface area (Å²) < 4.78 is 1.09. The molecule has 2 rings (SSSR count). The molecule has 2 aromatic rings. The molecule has 16 heavy (non-hydrogen) atoms. The molecule has 0 aliphatic rings. The van der Waals surface area contributed by atoms with E-state index < -0.39 is 12.2 Å². The van der Waals surface area contributed by atoms with Crippen molar-refractivity contribution in [1.82, 2.24) is 4.98 Å². The molecule has 5 heteroatoms. The molecule has 2 unspecified atom stereocenters. The van der Waals surface area contributed by atoms with Crippen molar-refractivity contribution in [3.63, 3.8) is 0 Å². The molecule has 86 valence electrons. The average Bonchev–Trinajstić information content (AvgIpc) is 2.75. The summed E-state index contributed by atoms with van der Waals surface area (Å²) in [7, 11) is 0. The summed E-state index contributed by atoms with van der Waals surface area (Å²) >= 11 is 4.81. The van der Waals surface area contributed by atoms with Crippen LogP contribution in [0.3, 0.4) is 0 Å². The van der Waals surface area contributed by atoms with E-state index in [0.717, 1.165) is 10.2 Å². The first-order valence-electron chi connectivity index (χ1n) is 4.97. The molecular formula is C11H12BrNO2S. The lowest BCUT2D eigenvalue weighted by atomic mass is 10.0. The van der Waals surface area contributed by atoms with Crippen LogP contribution in [0.2, 0.25) is 0 Å². The fourth-order valence-corrected chi connectivity index (χ4v) is 2.68. The third-order valence-electron chi connectivity index (χ3n) is 2.47. The SMILES string of the molecule is OC(CCBr)C(O)c1ccc2scnc2c1. The van der Waals surface area contributed by atoms with Crippen molar-refractivity contribution in [2.45, 2.75) is 18.6 Å². The highest BCUT2D eigenvalue weighted by Crippen LogP contribution is 2.25. The number of hydrogen-bond acceptors (Lipinski definition) is 4. The van der Waals surface area contributed by atoms with Gasteiger partial charge in [-0.1, -0.05) is 22.0 Å². The van der Waals surface area contributed by atoms with E-state index in [-0.39, 0.29) is 0 Å². The van der Waals surface area contributed by atoms with E-state index in [4.69, 9.17) is 0 Å². The van der Waals surface area contributed by atoms with E-state index in [0.29, 0.717) is 17.3 Å². The highest BCUT2D eigenvalue weighted by atomic mass is 79.9. The first-order valence-corrected chi connectivity index (χ1v) is 6.97. The third-order valence-corrected chi connectivity index (χ3v) is 3.73. The van der Waals surface area contributed by atoms with Gasteiger partial charge in [0.15, 0.2) is 0 Å². The van der Waals surface area contributed by atoms with E-state index in [2.05, 4.69) is 20.9 Å². The van der Waals surface area contributed by atoms with Crippen molar-refractivity contribution >= 4 is 37.5 Å². The van der Waals surface area contributed by atoms with Gasteiger partial charge in [0.1, 0.15) is 6.10 Å². The maximum Gasteiger partial charge on any atom is 0.105 e. The van der Waals surface area contributed by atoms with Crippen molar-refractivity contribution in [2.75, 3.05) is 5.33 Å². The number of aliphatic hydroxyl groups is 2. The summed E-state index contributed by atoms with van der Waals surface area (Å²) in [4.78, 5) is 4.18.